The van der Waals surface area contributed by atoms with Crippen LogP contribution in [0.4, 0.5) is 20.4 Å². The van der Waals surface area contributed by atoms with Crippen molar-refractivity contribution in [3.05, 3.63) is 94.7 Å². The number of fused-ring (bicyclic) bond motifs is 3. The molecule has 0 fully saturated rings. The Hall–Kier alpha value is -4.99. The van der Waals surface area contributed by atoms with E-state index in [-0.39, 0.29) is 11.0 Å². The van der Waals surface area contributed by atoms with Crippen LogP contribution in [0.3, 0.4) is 0 Å². The Morgan fingerprint density at radius 2 is 1.86 bits per heavy atom. The van der Waals surface area contributed by atoms with Gasteiger partial charge in [0.1, 0.15) is 46.9 Å². The number of halogens is 2. The van der Waals surface area contributed by atoms with Crippen molar-refractivity contribution in [2.24, 2.45) is 0 Å². The Bertz CT molecular complexity index is 1950. The lowest BCUT2D eigenvalue weighted by atomic mass is 9.99. The topological polar surface area (TPSA) is 98.7 Å². The number of aromatic nitrogens is 5. The first-order valence-corrected chi connectivity index (χ1v) is 11.5. The van der Waals surface area contributed by atoms with E-state index in [0.717, 1.165) is 0 Å². The van der Waals surface area contributed by atoms with Crippen LogP contribution in [-0.4, -0.2) is 24.7 Å². The van der Waals surface area contributed by atoms with Crippen LogP contribution in [0, 0.1) is 11.8 Å². The zero-order valence-corrected chi connectivity index (χ0v) is 19.2. The Labute approximate surface area is 207 Å². The number of benzene rings is 2. The van der Waals surface area contributed by atoms with Gasteiger partial charge in [0.15, 0.2) is 5.65 Å². The van der Waals surface area contributed by atoms with E-state index in [0.29, 0.717) is 56.2 Å². The Balaban J connectivity index is 1.51. The Kier molecular flexibility index (Phi) is 4.47. The second-order valence-electron chi connectivity index (χ2n) is 8.72. The standard InChI is InChI=1S/C27H16F2N6O2/c1-13(24-20(14-5-4-6-15(28)11-14)23(36)16-7-2-3-8-18(16)37-24)35-27-21-22(34-35)17-9-10-19(29)32-25(17)33-26(21)30-12-31-27/h2-13H,1H3,(H,30,31,32,33). The SMILES string of the molecule is CC(c1oc2ccccc2c(=O)c1-c1cccc(F)c1)n1nc2c3c(ncnc31)Nc1nc(F)ccc1-2. The molecule has 0 bridgehead atoms. The number of rotatable bonds is 3. The number of anilines is 2. The van der Waals surface area contributed by atoms with Crippen molar-refractivity contribution in [3.8, 4) is 22.4 Å². The van der Waals surface area contributed by atoms with E-state index in [4.69, 9.17) is 9.52 Å². The van der Waals surface area contributed by atoms with Gasteiger partial charge in [-0.05, 0) is 48.9 Å². The molecule has 8 nitrogen and oxygen atoms in total. The van der Waals surface area contributed by atoms with Gasteiger partial charge < -0.3 is 9.73 Å². The summed E-state index contributed by atoms with van der Waals surface area (Å²) in [6, 6.07) is 15.0. The lowest BCUT2D eigenvalue weighted by Gasteiger charge is -2.17. The average molecular weight is 494 g/mol. The van der Waals surface area contributed by atoms with Crippen LogP contribution < -0.4 is 10.7 Å². The van der Waals surface area contributed by atoms with E-state index in [9.17, 15) is 13.6 Å². The van der Waals surface area contributed by atoms with Crippen LogP contribution in [0.1, 0.15) is 18.7 Å². The smallest absolute Gasteiger partial charge is 0.214 e. The summed E-state index contributed by atoms with van der Waals surface area (Å²) in [5, 5.41) is 8.87. The molecule has 180 valence electrons. The van der Waals surface area contributed by atoms with Crippen molar-refractivity contribution in [1.82, 2.24) is 24.7 Å². The lowest BCUT2D eigenvalue weighted by molar-refractivity contribution is 0.446. The molecule has 5 heterocycles. The van der Waals surface area contributed by atoms with E-state index < -0.39 is 17.8 Å². The van der Waals surface area contributed by atoms with Crippen LogP contribution in [-0.2, 0) is 0 Å². The van der Waals surface area contributed by atoms with Crippen molar-refractivity contribution >= 4 is 33.6 Å². The number of para-hydroxylation sites is 1. The molecule has 1 aliphatic heterocycles. The molecule has 0 amide bonds. The highest BCUT2D eigenvalue weighted by Gasteiger charge is 2.30. The molecule has 6 aromatic rings. The summed E-state index contributed by atoms with van der Waals surface area (Å²) in [6.45, 7) is 1.82. The van der Waals surface area contributed by atoms with Crippen molar-refractivity contribution in [1.29, 1.82) is 0 Å². The van der Waals surface area contributed by atoms with Crippen LogP contribution in [0.15, 0.2) is 76.2 Å². The largest absolute Gasteiger partial charge is 0.458 e. The molecule has 37 heavy (non-hydrogen) atoms. The zero-order chi connectivity index (χ0) is 25.3. The van der Waals surface area contributed by atoms with Crippen molar-refractivity contribution in [2.75, 3.05) is 5.32 Å². The molecule has 0 saturated carbocycles. The number of hydrogen-bond acceptors (Lipinski definition) is 7. The second-order valence-corrected chi connectivity index (χ2v) is 8.72. The van der Waals surface area contributed by atoms with E-state index >= 15 is 0 Å². The minimum atomic E-state index is -0.635. The van der Waals surface area contributed by atoms with E-state index in [1.807, 2.05) is 6.92 Å². The summed E-state index contributed by atoms with van der Waals surface area (Å²) in [4.78, 5) is 26.4. The predicted molar refractivity (Wildman–Crippen MR) is 133 cm³/mol. The summed E-state index contributed by atoms with van der Waals surface area (Å²) in [5.41, 5.74) is 2.34. The molecule has 0 radical (unpaired) electrons. The first kappa shape index (κ1) is 21.3. The summed E-state index contributed by atoms with van der Waals surface area (Å²) in [6.07, 6.45) is 1.37. The number of nitrogens with one attached hydrogen (secondary N) is 1. The second kappa shape index (κ2) is 7.76. The van der Waals surface area contributed by atoms with Gasteiger partial charge in [-0.15, -0.1) is 0 Å². The third-order valence-electron chi connectivity index (χ3n) is 6.53. The van der Waals surface area contributed by atoms with Gasteiger partial charge in [0.2, 0.25) is 11.4 Å². The minimum Gasteiger partial charge on any atom is -0.458 e. The minimum absolute atomic E-state index is 0.238. The van der Waals surface area contributed by atoms with Crippen molar-refractivity contribution in [2.45, 2.75) is 13.0 Å². The predicted octanol–water partition coefficient (Wildman–Crippen LogP) is 5.61. The zero-order valence-electron chi connectivity index (χ0n) is 19.2. The highest BCUT2D eigenvalue weighted by Crippen LogP contribution is 2.42. The fourth-order valence-corrected chi connectivity index (χ4v) is 4.84. The number of nitrogens with zero attached hydrogens (tertiary/aromatic N) is 5. The molecule has 4 aromatic heterocycles. The van der Waals surface area contributed by atoms with Crippen molar-refractivity contribution < 1.29 is 13.2 Å². The normalized spacial score (nSPS) is 12.9. The summed E-state index contributed by atoms with van der Waals surface area (Å²) >= 11 is 0. The first-order valence-electron chi connectivity index (χ1n) is 11.5. The Morgan fingerprint density at radius 3 is 2.73 bits per heavy atom. The lowest BCUT2D eigenvalue weighted by Crippen LogP contribution is -2.16. The van der Waals surface area contributed by atoms with E-state index in [1.54, 1.807) is 47.1 Å². The average Bonchev–Trinajstić information content (AvgIpc) is 3.29. The van der Waals surface area contributed by atoms with Gasteiger partial charge in [0.05, 0.1) is 16.3 Å². The molecule has 0 saturated heterocycles. The van der Waals surface area contributed by atoms with E-state index in [2.05, 4.69) is 20.3 Å². The summed E-state index contributed by atoms with van der Waals surface area (Å²) in [7, 11) is 0. The maximum absolute atomic E-state index is 14.2. The van der Waals surface area contributed by atoms with Crippen LogP contribution in [0.2, 0.25) is 0 Å². The third-order valence-corrected chi connectivity index (χ3v) is 6.53. The molecular formula is C27H16F2N6O2. The van der Waals surface area contributed by atoms with Gasteiger partial charge in [-0.1, -0.05) is 24.3 Å². The fraction of sp³-hybridized carbons (Fsp3) is 0.0741. The first-order chi connectivity index (χ1) is 18.0. The molecule has 1 atom stereocenters. The molecule has 2 aromatic carbocycles. The molecule has 0 spiro atoms. The fourth-order valence-electron chi connectivity index (χ4n) is 4.84. The van der Waals surface area contributed by atoms with Gasteiger partial charge in [-0.25, -0.2) is 24.0 Å². The summed E-state index contributed by atoms with van der Waals surface area (Å²) in [5.74, 6) is -0.0702. The number of hydrogen-bond donors (Lipinski definition) is 1. The highest BCUT2D eigenvalue weighted by molar-refractivity contribution is 6.05. The highest BCUT2D eigenvalue weighted by atomic mass is 19.1. The van der Waals surface area contributed by atoms with Gasteiger partial charge in [0.25, 0.3) is 0 Å². The molecule has 0 aliphatic carbocycles. The quantitative estimate of drug-likeness (QED) is 0.319. The van der Waals surface area contributed by atoms with Gasteiger partial charge >= 0.3 is 0 Å². The maximum atomic E-state index is 14.2. The monoisotopic (exact) mass is 494 g/mol. The summed E-state index contributed by atoms with van der Waals surface area (Å²) < 4.78 is 36.0. The molecule has 1 N–H and O–H groups in total. The Morgan fingerprint density at radius 1 is 1.00 bits per heavy atom. The van der Waals surface area contributed by atoms with Crippen LogP contribution in [0.5, 0.6) is 0 Å². The molecule has 1 unspecified atom stereocenters. The number of pyridine rings is 1. The van der Waals surface area contributed by atoms with Crippen LogP contribution in [0.25, 0.3) is 44.4 Å². The third kappa shape index (κ3) is 3.15. The van der Waals surface area contributed by atoms with Crippen LogP contribution >= 0.6 is 0 Å². The molecular weight excluding hydrogens is 478 g/mol. The van der Waals surface area contributed by atoms with Crippen molar-refractivity contribution in [3.63, 3.8) is 0 Å². The maximum Gasteiger partial charge on any atom is 0.214 e. The van der Waals surface area contributed by atoms with Gasteiger partial charge in [-0.2, -0.15) is 9.49 Å². The van der Waals surface area contributed by atoms with Gasteiger partial charge in [-0.3, -0.25) is 4.79 Å². The van der Waals surface area contributed by atoms with E-state index in [1.165, 1.54) is 24.5 Å². The van der Waals surface area contributed by atoms with Gasteiger partial charge in [0, 0.05) is 5.56 Å². The molecule has 1 aliphatic rings. The molecule has 10 heteroatoms. The molecule has 7 rings (SSSR count).